The van der Waals surface area contributed by atoms with Crippen LogP contribution in [-0.2, 0) is 24.4 Å². The minimum Gasteiger partial charge on any atom is -0.383 e. The number of nitrogens with zero attached hydrogens (tertiary/aromatic N) is 6. The highest BCUT2D eigenvalue weighted by molar-refractivity contribution is 5.83. The number of rotatable bonds is 10. The maximum Gasteiger partial charge on any atom is 0.253 e. The first-order valence-electron chi connectivity index (χ1n) is 12.6. The first kappa shape index (κ1) is 25.4. The van der Waals surface area contributed by atoms with Gasteiger partial charge in [-0.3, -0.25) is 14.7 Å². The average Bonchev–Trinajstić information content (AvgIpc) is 3.37. The van der Waals surface area contributed by atoms with E-state index in [4.69, 9.17) is 4.74 Å². The number of pyridine rings is 2. The zero-order chi connectivity index (χ0) is 26.5. The van der Waals surface area contributed by atoms with Gasteiger partial charge in [0.15, 0.2) is 5.82 Å². The molecule has 5 aromatic rings. The fraction of sp³-hybridized carbons (Fsp3) is 0.276. The number of tetrazole rings is 1. The number of aryl methyl sites for hydroxylation is 2. The second kappa shape index (κ2) is 11.5. The van der Waals surface area contributed by atoms with Crippen molar-refractivity contribution in [3.63, 3.8) is 0 Å². The van der Waals surface area contributed by atoms with E-state index < -0.39 is 6.04 Å². The van der Waals surface area contributed by atoms with Crippen LogP contribution >= 0.6 is 0 Å². The molecule has 0 saturated carbocycles. The predicted octanol–water partition coefficient (Wildman–Crippen LogP) is 3.96. The molecule has 38 heavy (non-hydrogen) atoms. The summed E-state index contributed by atoms with van der Waals surface area (Å²) < 4.78 is 7.03. The largest absolute Gasteiger partial charge is 0.383 e. The quantitative estimate of drug-likeness (QED) is 0.304. The molecule has 9 heteroatoms. The standard InChI is InChI=1S/C29H31N7O2/c1-20-14-21(2)26-24(15-20)16-25(29(37)31-26)27(28-32-33-34-36(28)12-13-38-3)35(18-22-8-5-4-6-9-22)19-23-10-7-11-30-17-23/h4-11,14-17,27H,12-13,18-19H2,1-3H3,(H,31,37)/t27-/m1/s1. The lowest BCUT2D eigenvalue weighted by Crippen LogP contribution is -2.35. The van der Waals surface area contributed by atoms with Crippen LogP contribution in [0.1, 0.15) is 39.7 Å². The maximum atomic E-state index is 13.7. The molecule has 194 valence electrons. The van der Waals surface area contributed by atoms with Crippen molar-refractivity contribution in [2.75, 3.05) is 13.7 Å². The van der Waals surface area contributed by atoms with E-state index in [1.54, 1.807) is 18.0 Å². The molecule has 0 aliphatic rings. The molecule has 3 heterocycles. The minimum absolute atomic E-state index is 0.167. The van der Waals surface area contributed by atoms with E-state index >= 15 is 0 Å². The summed E-state index contributed by atoms with van der Waals surface area (Å²) in [7, 11) is 1.64. The highest BCUT2D eigenvalue weighted by Crippen LogP contribution is 2.30. The Hall–Kier alpha value is -4.21. The summed E-state index contributed by atoms with van der Waals surface area (Å²) in [5, 5.41) is 13.6. The van der Waals surface area contributed by atoms with Crippen molar-refractivity contribution in [2.45, 2.75) is 39.5 Å². The molecule has 0 unspecified atom stereocenters. The molecule has 3 aromatic heterocycles. The van der Waals surface area contributed by atoms with Crippen molar-refractivity contribution in [2.24, 2.45) is 0 Å². The van der Waals surface area contributed by atoms with Gasteiger partial charge in [0.1, 0.15) is 6.04 Å². The van der Waals surface area contributed by atoms with Gasteiger partial charge >= 0.3 is 0 Å². The number of aromatic nitrogens is 6. The number of benzene rings is 2. The van der Waals surface area contributed by atoms with E-state index in [0.717, 1.165) is 33.2 Å². The van der Waals surface area contributed by atoms with Gasteiger partial charge in [-0.1, -0.05) is 48.0 Å². The molecule has 2 aromatic carbocycles. The summed E-state index contributed by atoms with van der Waals surface area (Å²) in [4.78, 5) is 23.4. The average molecular weight is 510 g/mol. The van der Waals surface area contributed by atoms with Gasteiger partial charge in [-0.2, -0.15) is 0 Å². The van der Waals surface area contributed by atoms with Crippen molar-refractivity contribution >= 4 is 10.9 Å². The lowest BCUT2D eigenvalue weighted by molar-refractivity contribution is 0.169. The number of hydrogen-bond donors (Lipinski definition) is 1. The van der Waals surface area contributed by atoms with Gasteiger partial charge in [0.05, 0.1) is 18.7 Å². The highest BCUT2D eigenvalue weighted by Gasteiger charge is 2.31. The van der Waals surface area contributed by atoms with Gasteiger partial charge in [-0.25, -0.2) is 4.68 Å². The first-order valence-corrected chi connectivity index (χ1v) is 12.6. The normalized spacial score (nSPS) is 12.3. The summed E-state index contributed by atoms with van der Waals surface area (Å²) in [6.07, 6.45) is 3.60. The summed E-state index contributed by atoms with van der Waals surface area (Å²) in [6, 6.07) is 19.8. The lowest BCUT2D eigenvalue weighted by atomic mass is 9.99. The molecule has 1 atom stereocenters. The molecule has 0 aliphatic heterocycles. The van der Waals surface area contributed by atoms with Crippen LogP contribution in [0.4, 0.5) is 0 Å². The van der Waals surface area contributed by atoms with Crippen LogP contribution in [0.25, 0.3) is 10.9 Å². The third kappa shape index (κ3) is 5.53. The van der Waals surface area contributed by atoms with Gasteiger partial charge in [0.25, 0.3) is 5.56 Å². The van der Waals surface area contributed by atoms with E-state index in [0.29, 0.717) is 37.6 Å². The molecule has 0 aliphatic carbocycles. The van der Waals surface area contributed by atoms with Crippen LogP contribution in [0, 0.1) is 13.8 Å². The third-order valence-corrected chi connectivity index (χ3v) is 6.63. The maximum absolute atomic E-state index is 13.7. The second-order valence-corrected chi connectivity index (χ2v) is 9.51. The van der Waals surface area contributed by atoms with Crippen LogP contribution in [0.5, 0.6) is 0 Å². The molecule has 0 amide bonds. The predicted molar refractivity (Wildman–Crippen MR) is 146 cm³/mol. The molecule has 9 nitrogen and oxygen atoms in total. The van der Waals surface area contributed by atoms with Gasteiger partial charge in [-0.15, -0.1) is 5.10 Å². The van der Waals surface area contributed by atoms with Crippen molar-refractivity contribution in [1.29, 1.82) is 0 Å². The molecule has 0 saturated heterocycles. The molecular weight excluding hydrogens is 478 g/mol. The number of ether oxygens (including phenoxy) is 1. The summed E-state index contributed by atoms with van der Waals surface area (Å²) >= 11 is 0. The number of nitrogens with one attached hydrogen (secondary N) is 1. The van der Waals surface area contributed by atoms with Gasteiger partial charge in [0, 0.05) is 38.2 Å². The number of H-pyrrole nitrogens is 1. The zero-order valence-corrected chi connectivity index (χ0v) is 21.8. The SMILES string of the molecule is COCCn1nnnc1[C@@H](c1cc2cc(C)cc(C)c2[nH]c1=O)N(Cc1ccccc1)Cc1cccnc1. The molecule has 0 bridgehead atoms. The Kier molecular flexibility index (Phi) is 7.67. The Labute approximate surface area is 221 Å². The van der Waals surface area contributed by atoms with Crippen molar-refractivity contribution in [3.8, 4) is 0 Å². The first-order chi connectivity index (χ1) is 18.5. The monoisotopic (exact) mass is 509 g/mol. The topological polar surface area (TPSA) is 102 Å². The molecule has 0 radical (unpaired) electrons. The fourth-order valence-electron chi connectivity index (χ4n) is 4.93. The van der Waals surface area contributed by atoms with E-state index in [2.05, 4.69) is 61.6 Å². The Morgan fingerprint density at radius 1 is 1.03 bits per heavy atom. The van der Waals surface area contributed by atoms with Crippen molar-refractivity contribution in [3.05, 3.63) is 117 Å². The molecule has 0 spiro atoms. The smallest absolute Gasteiger partial charge is 0.253 e. The molecule has 1 N–H and O–H groups in total. The van der Waals surface area contributed by atoms with Crippen LogP contribution in [0.3, 0.4) is 0 Å². The number of hydrogen-bond acceptors (Lipinski definition) is 7. The Bertz CT molecular complexity index is 1520. The molecule has 0 fully saturated rings. The van der Waals surface area contributed by atoms with E-state index in [-0.39, 0.29) is 5.56 Å². The number of fused-ring (bicyclic) bond motifs is 1. The van der Waals surface area contributed by atoms with Crippen molar-refractivity contribution < 1.29 is 4.74 Å². The summed E-state index contributed by atoms with van der Waals surface area (Å²) in [6.45, 7) is 6.09. The van der Waals surface area contributed by atoms with Crippen LogP contribution in [0.2, 0.25) is 0 Å². The third-order valence-electron chi connectivity index (χ3n) is 6.63. The van der Waals surface area contributed by atoms with Crippen LogP contribution in [0.15, 0.2) is 77.9 Å². The minimum atomic E-state index is -0.531. The number of methoxy groups -OCH3 is 1. The Morgan fingerprint density at radius 3 is 2.58 bits per heavy atom. The Balaban J connectivity index is 1.71. The summed E-state index contributed by atoms with van der Waals surface area (Å²) in [5.41, 5.74) is 5.54. The molecular formula is C29H31N7O2. The fourth-order valence-corrected chi connectivity index (χ4v) is 4.93. The van der Waals surface area contributed by atoms with Crippen molar-refractivity contribution in [1.82, 2.24) is 35.1 Å². The van der Waals surface area contributed by atoms with Crippen LogP contribution in [-0.4, -0.2) is 48.8 Å². The molecule has 5 rings (SSSR count). The summed E-state index contributed by atoms with van der Waals surface area (Å²) in [5.74, 6) is 0.580. The number of aromatic amines is 1. The van der Waals surface area contributed by atoms with Gasteiger partial charge in [0.2, 0.25) is 0 Å². The lowest BCUT2D eigenvalue weighted by Gasteiger charge is -2.31. The van der Waals surface area contributed by atoms with E-state index in [1.165, 1.54) is 0 Å². The van der Waals surface area contributed by atoms with Gasteiger partial charge in [-0.05, 0) is 64.5 Å². The zero-order valence-electron chi connectivity index (χ0n) is 21.8. The Morgan fingerprint density at radius 2 is 1.82 bits per heavy atom. The van der Waals surface area contributed by atoms with E-state index in [1.807, 2.05) is 49.5 Å². The highest BCUT2D eigenvalue weighted by atomic mass is 16.5. The van der Waals surface area contributed by atoms with E-state index in [9.17, 15) is 4.79 Å². The van der Waals surface area contributed by atoms with Gasteiger partial charge < -0.3 is 9.72 Å². The van der Waals surface area contributed by atoms with Crippen LogP contribution < -0.4 is 5.56 Å². The second-order valence-electron chi connectivity index (χ2n) is 9.51.